The molecule has 0 saturated carbocycles. The molecule has 6 heteroatoms. The Bertz CT molecular complexity index is 498. The first-order valence-corrected chi connectivity index (χ1v) is 6.46. The Hall–Kier alpha value is -2.24. The highest BCUT2D eigenvalue weighted by Crippen LogP contribution is 2.20. The minimum atomic E-state index is -0.816. The van der Waals surface area contributed by atoms with Gasteiger partial charge in [-0.1, -0.05) is 18.2 Å². The van der Waals surface area contributed by atoms with E-state index in [9.17, 15) is 9.59 Å². The second kappa shape index (κ2) is 6.27. The van der Waals surface area contributed by atoms with Gasteiger partial charge in [-0.15, -0.1) is 0 Å². The monoisotopic (exact) mass is 278 g/mol. The highest BCUT2D eigenvalue weighted by atomic mass is 16.5. The van der Waals surface area contributed by atoms with Crippen LogP contribution in [0.5, 0.6) is 5.75 Å². The number of hydrogen-bond donors (Lipinski definition) is 2. The highest BCUT2D eigenvalue weighted by Gasteiger charge is 2.31. The quantitative estimate of drug-likeness (QED) is 0.851. The maximum absolute atomic E-state index is 11.9. The van der Waals surface area contributed by atoms with Gasteiger partial charge < -0.3 is 20.1 Å². The lowest BCUT2D eigenvalue weighted by Crippen LogP contribution is -2.54. The molecule has 1 aromatic rings. The average molecular weight is 278 g/mol. The van der Waals surface area contributed by atoms with Crippen LogP contribution in [0.3, 0.4) is 0 Å². The molecule has 2 rings (SSSR count). The van der Waals surface area contributed by atoms with Crippen LogP contribution in [0.2, 0.25) is 0 Å². The molecule has 0 unspecified atom stereocenters. The second-order valence-corrected chi connectivity index (χ2v) is 4.84. The van der Waals surface area contributed by atoms with Gasteiger partial charge in [0.15, 0.2) is 0 Å². The van der Waals surface area contributed by atoms with Crippen molar-refractivity contribution in [1.29, 1.82) is 0 Å². The second-order valence-electron chi connectivity index (χ2n) is 4.84. The van der Waals surface area contributed by atoms with Crippen LogP contribution in [0.4, 0.5) is 4.79 Å². The molecule has 0 spiro atoms. The fraction of sp³-hybridized carbons (Fsp3) is 0.429. The van der Waals surface area contributed by atoms with Gasteiger partial charge in [-0.25, -0.2) is 4.79 Å². The number of carboxylic acid groups (broad SMARTS) is 1. The Morgan fingerprint density at radius 1 is 1.40 bits per heavy atom. The van der Waals surface area contributed by atoms with Crippen LogP contribution in [-0.4, -0.2) is 42.2 Å². The molecular weight excluding hydrogens is 260 g/mol. The number of rotatable bonds is 5. The zero-order chi connectivity index (χ0) is 14.5. The Balaban J connectivity index is 1.78. The Labute approximate surface area is 117 Å². The summed E-state index contributed by atoms with van der Waals surface area (Å²) < 4.78 is 5.21. The summed E-state index contributed by atoms with van der Waals surface area (Å²) in [5.74, 6) is -0.00578. The molecule has 20 heavy (non-hydrogen) atoms. The first kappa shape index (κ1) is 14.2. The molecule has 1 aromatic carbocycles. The zero-order valence-corrected chi connectivity index (χ0v) is 11.3. The van der Waals surface area contributed by atoms with Crippen molar-refractivity contribution in [1.82, 2.24) is 10.2 Å². The van der Waals surface area contributed by atoms with E-state index < -0.39 is 5.97 Å². The molecule has 0 atom stereocenters. The third kappa shape index (κ3) is 3.40. The van der Waals surface area contributed by atoms with E-state index in [-0.39, 0.29) is 18.4 Å². The van der Waals surface area contributed by atoms with Gasteiger partial charge in [0.1, 0.15) is 5.75 Å². The summed E-state index contributed by atoms with van der Waals surface area (Å²) in [6, 6.07) is 7.32. The van der Waals surface area contributed by atoms with Crippen LogP contribution in [0, 0.1) is 5.92 Å². The molecule has 1 saturated heterocycles. The van der Waals surface area contributed by atoms with Crippen LogP contribution in [-0.2, 0) is 11.3 Å². The molecule has 108 valence electrons. The maximum atomic E-state index is 11.9. The fourth-order valence-electron chi connectivity index (χ4n) is 2.24. The van der Waals surface area contributed by atoms with E-state index in [1.165, 1.54) is 0 Å². The van der Waals surface area contributed by atoms with Crippen LogP contribution < -0.4 is 10.1 Å². The minimum absolute atomic E-state index is 0.0736. The van der Waals surface area contributed by atoms with Crippen molar-refractivity contribution in [2.75, 3.05) is 20.2 Å². The van der Waals surface area contributed by atoms with Gasteiger partial charge in [-0.3, -0.25) is 4.79 Å². The molecule has 2 amide bonds. The topological polar surface area (TPSA) is 78.9 Å². The SMILES string of the molecule is COc1ccccc1CNC(=O)N1CC(CC(=O)O)C1. The summed E-state index contributed by atoms with van der Waals surface area (Å²) in [6.07, 6.45) is 0.121. The number of methoxy groups -OCH3 is 1. The van der Waals surface area contributed by atoms with E-state index in [1.54, 1.807) is 12.0 Å². The Morgan fingerprint density at radius 3 is 2.75 bits per heavy atom. The lowest BCUT2D eigenvalue weighted by atomic mass is 9.97. The molecule has 1 aliphatic heterocycles. The number of likely N-dealkylation sites (tertiary alicyclic amines) is 1. The zero-order valence-electron chi connectivity index (χ0n) is 11.3. The number of para-hydroxylation sites is 1. The van der Waals surface area contributed by atoms with E-state index in [1.807, 2.05) is 24.3 Å². The van der Waals surface area contributed by atoms with Crippen LogP contribution in [0.25, 0.3) is 0 Å². The van der Waals surface area contributed by atoms with Crippen LogP contribution in [0.1, 0.15) is 12.0 Å². The number of urea groups is 1. The van der Waals surface area contributed by atoms with Crippen LogP contribution >= 0.6 is 0 Å². The summed E-state index contributed by atoms with van der Waals surface area (Å²) in [4.78, 5) is 24.0. The first-order chi connectivity index (χ1) is 9.60. The lowest BCUT2D eigenvalue weighted by Gasteiger charge is -2.38. The fourth-order valence-corrected chi connectivity index (χ4v) is 2.24. The van der Waals surface area contributed by atoms with E-state index in [0.717, 1.165) is 11.3 Å². The molecule has 0 bridgehead atoms. The van der Waals surface area contributed by atoms with Crippen LogP contribution in [0.15, 0.2) is 24.3 Å². The first-order valence-electron chi connectivity index (χ1n) is 6.46. The average Bonchev–Trinajstić information content (AvgIpc) is 2.39. The van der Waals surface area contributed by atoms with Gasteiger partial charge in [-0.05, 0) is 6.07 Å². The molecule has 2 N–H and O–H groups in total. The predicted molar refractivity (Wildman–Crippen MR) is 72.5 cm³/mol. The lowest BCUT2D eigenvalue weighted by molar-refractivity contribution is -0.139. The number of carbonyl (C=O) groups excluding carboxylic acids is 1. The maximum Gasteiger partial charge on any atom is 0.317 e. The molecule has 1 fully saturated rings. The number of nitrogens with zero attached hydrogens (tertiary/aromatic N) is 1. The summed E-state index contributed by atoms with van der Waals surface area (Å²) in [7, 11) is 1.59. The third-order valence-corrected chi connectivity index (χ3v) is 3.33. The van der Waals surface area contributed by atoms with Gasteiger partial charge in [0.2, 0.25) is 0 Å². The molecule has 6 nitrogen and oxygen atoms in total. The Morgan fingerprint density at radius 2 is 2.10 bits per heavy atom. The minimum Gasteiger partial charge on any atom is -0.496 e. The molecule has 1 heterocycles. The van der Waals surface area contributed by atoms with Gasteiger partial charge >= 0.3 is 12.0 Å². The number of hydrogen-bond acceptors (Lipinski definition) is 3. The van der Waals surface area contributed by atoms with Gasteiger partial charge in [0, 0.05) is 31.1 Å². The number of ether oxygens (including phenoxy) is 1. The van der Waals surface area contributed by atoms with E-state index in [4.69, 9.17) is 9.84 Å². The van der Waals surface area contributed by atoms with Crippen molar-refractivity contribution in [3.05, 3.63) is 29.8 Å². The summed E-state index contributed by atoms with van der Waals surface area (Å²) in [6.45, 7) is 1.40. The van der Waals surface area contributed by atoms with E-state index in [0.29, 0.717) is 19.6 Å². The standard InChI is InChI=1S/C14H18N2O4/c1-20-12-5-3-2-4-11(12)7-15-14(19)16-8-10(9-16)6-13(17)18/h2-5,10H,6-9H2,1H3,(H,15,19)(H,17,18). The van der Waals surface area contributed by atoms with E-state index >= 15 is 0 Å². The predicted octanol–water partition coefficient (Wildman–Crippen LogP) is 1.31. The van der Waals surface area contributed by atoms with Crippen molar-refractivity contribution >= 4 is 12.0 Å². The Kier molecular flexibility index (Phi) is 4.45. The number of carbonyl (C=O) groups is 2. The van der Waals surface area contributed by atoms with Gasteiger partial charge in [0.25, 0.3) is 0 Å². The molecule has 1 aliphatic rings. The third-order valence-electron chi connectivity index (χ3n) is 3.33. The molecular formula is C14H18N2O4. The number of aliphatic carboxylic acids is 1. The number of carboxylic acids is 1. The largest absolute Gasteiger partial charge is 0.496 e. The molecule has 0 aliphatic carbocycles. The van der Waals surface area contributed by atoms with Gasteiger partial charge in [0.05, 0.1) is 13.5 Å². The number of benzene rings is 1. The van der Waals surface area contributed by atoms with Crippen molar-refractivity contribution in [3.63, 3.8) is 0 Å². The van der Waals surface area contributed by atoms with Crippen molar-refractivity contribution in [2.24, 2.45) is 5.92 Å². The van der Waals surface area contributed by atoms with Crippen molar-refractivity contribution < 1.29 is 19.4 Å². The van der Waals surface area contributed by atoms with E-state index in [2.05, 4.69) is 5.32 Å². The smallest absolute Gasteiger partial charge is 0.317 e. The molecule has 0 radical (unpaired) electrons. The highest BCUT2D eigenvalue weighted by molar-refractivity contribution is 5.75. The van der Waals surface area contributed by atoms with Gasteiger partial charge in [-0.2, -0.15) is 0 Å². The summed E-state index contributed by atoms with van der Waals surface area (Å²) in [5, 5.41) is 11.5. The molecule has 0 aromatic heterocycles. The summed E-state index contributed by atoms with van der Waals surface area (Å²) >= 11 is 0. The van der Waals surface area contributed by atoms with Crippen molar-refractivity contribution in [2.45, 2.75) is 13.0 Å². The number of nitrogens with one attached hydrogen (secondary N) is 1. The summed E-state index contributed by atoms with van der Waals surface area (Å²) in [5.41, 5.74) is 0.908. The normalized spacial score (nSPS) is 14.6. The van der Waals surface area contributed by atoms with Crippen molar-refractivity contribution in [3.8, 4) is 5.75 Å². The number of amides is 2.